The number of amides is 1. The molecule has 0 radical (unpaired) electrons. The minimum absolute atomic E-state index is 0.316. The van der Waals surface area contributed by atoms with Gasteiger partial charge in [-0.05, 0) is 5.56 Å². The van der Waals surface area contributed by atoms with Gasteiger partial charge in [-0.1, -0.05) is 30.3 Å². The van der Waals surface area contributed by atoms with Gasteiger partial charge in [-0.2, -0.15) is 5.26 Å². The maximum absolute atomic E-state index is 11.1. The molecule has 0 N–H and O–H groups in total. The third-order valence-electron chi connectivity index (χ3n) is 1.85. The quantitative estimate of drug-likeness (QED) is 0.562. The van der Waals surface area contributed by atoms with E-state index in [0.29, 0.717) is 5.57 Å². The molecule has 1 amide bonds. The van der Waals surface area contributed by atoms with Gasteiger partial charge in [-0.3, -0.25) is 0 Å². The van der Waals surface area contributed by atoms with Gasteiger partial charge in [0.25, 0.3) is 0 Å². The molecule has 0 saturated heterocycles. The molecule has 82 valence electrons. The number of rotatable bonds is 2. The molecule has 0 aromatic heterocycles. The summed E-state index contributed by atoms with van der Waals surface area (Å²) in [5, 5.41) is 8.91. The number of benzene rings is 1. The Bertz CT molecular complexity index is 430. The van der Waals surface area contributed by atoms with Crippen molar-refractivity contribution in [3.8, 4) is 6.07 Å². The summed E-state index contributed by atoms with van der Waals surface area (Å²) in [5.41, 5.74) is 1.03. The maximum Gasteiger partial charge on any atom is 0.414 e. The van der Waals surface area contributed by atoms with Crippen LogP contribution in [-0.4, -0.2) is 25.1 Å². The summed E-state index contributed by atoms with van der Waals surface area (Å²) < 4.78 is 4.81. The standard InChI is InChI=1S/C12H12N2O2/c1-14(2)12(15)16-9-11(8-13)10-6-4-3-5-7-10/h3-7,9H,1-2H3. The first kappa shape index (κ1) is 11.8. The van der Waals surface area contributed by atoms with Gasteiger partial charge in [0.15, 0.2) is 0 Å². The SMILES string of the molecule is CN(C)C(=O)OC=C(C#N)c1ccccc1. The van der Waals surface area contributed by atoms with E-state index in [2.05, 4.69) is 0 Å². The zero-order valence-electron chi connectivity index (χ0n) is 9.18. The van der Waals surface area contributed by atoms with E-state index in [1.807, 2.05) is 24.3 Å². The lowest BCUT2D eigenvalue weighted by molar-refractivity contribution is 0.156. The van der Waals surface area contributed by atoms with Crippen molar-refractivity contribution >= 4 is 11.7 Å². The van der Waals surface area contributed by atoms with Crippen molar-refractivity contribution in [1.29, 1.82) is 5.26 Å². The molecule has 0 bridgehead atoms. The minimum Gasteiger partial charge on any atom is -0.417 e. The maximum atomic E-state index is 11.1. The van der Waals surface area contributed by atoms with Crippen molar-refractivity contribution in [2.45, 2.75) is 0 Å². The van der Waals surface area contributed by atoms with Crippen LogP contribution in [0.5, 0.6) is 0 Å². The Kier molecular flexibility index (Phi) is 4.10. The second-order valence-corrected chi connectivity index (χ2v) is 3.29. The molecule has 0 fully saturated rings. The normalized spacial score (nSPS) is 10.4. The first-order valence-corrected chi connectivity index (χ1v) is 4.68. The molecule has 0 atom stereocenters. The first-order chi connectivity index (χ1) is 7.65. The summed E-state index contributed by atoms with van der Waals surface area (Å²) in [4.78, 5) is 12.4. The molecular weight excluding hydrogens is 204 g/mol. The molecule has 16 heavy (non-hydrogen) atoms. The largest absolute Gasteiger partial charge is 0.417 e. The van der Waals surface area contributed by atoms with Crippen LogP contribution in [-0.2, 0) is 4.74 Å². The Balaban J connectivity index is 2.81. The summed E-state index contributed by atoms with van der Waals surface area (Å²) in [6.45, 7) is 0. The molecule has 0 spiro atoms. The molecule has 0 aliphatic rings. The number of carbonyl (C=O) groups excluding carboxylic acids is 1. The van der Waals surface area contributed by atoms with E-state index < -0.39 is 6.09 Å². The number of nitriles is 1. The van der Waals surface area contributed by atoms with Crippen molar-refractivity contribution < 1.29 is 9.53 Å². The average molecular weight is 216 g/mol. The van der Waals surface area contributed by atoms with E-state index in [-0.39, 0.29) is 0 Å². The van der Waals surface area contributed by atoms with Gasteiger partial charge < -0.3 is 9.64 Å². The van der Waals surface area contributed by atoms with Gasteiger partial charge in [-0.25, -0.2) is 4.79 Å². The van der Waals surface area contributed by atoms with Crippen molar-refractivity contribution in [2.75, 3.05) is 14.1 Å². The summed E-state index contributed by atoms with van der Waals surface area (Å²) in [6.07, 6.45) is 0.654. The molecule has 0 unspecified atom stereocenters. The van der Waals surface area contributed by atoms with E-state index in [1.165, 1.54) is 4.90 Å². The van der Waals surface area contributed by atoms with Crippen LogP contribution in [0.25, 0.3) is 5.57 Å². The highest BCUT2D eigenvalue weighted by Gasteiger charge is 2.05. The number of nitrogens with zero attached hydrogens (tertiary/aromatic N) is 2. The van der Waals surface area contributed by atoms with Crippen molar-refractivity contribution in [2.24, 2.45) is 0 Å². The predicted octanol–water partition coefficient (Wildman–Crippen LogP) is 2.25. The molecule has 1 aromatic carbocycles. The average Bonchev–Trinajstić information content (AvgIpc) is 2.30. The second kappa shape index (κ2) is 5.56. The summed E-state index contributed by atoms with van der Waals surface area (Å²) in [7, 11) is 3.15. The molecule has 1 aromatic rings. The van der Waals surface area contributed by atoms with Crippen molar-refractivity contribution in [3.63, 3.8) is 0 Å². The van der Waals surface area contributed by atoms with E-state index in [0.717, 1.165) is 11.8 Å². The van der Waals surface area contributed by atoms with Gasteiger partial charge >= 0.3 is 6.09 Å². The Morgan fingerprint density at radius 1 is 1.38 bits per heavy atom. The third kappa shape index (κ3) is 3.14. The molecular formula is C12H12N2O2. The van der Waals surface area contributed by atoms with E-state index in [4.69, 9.17) is 10.00 Å². The van der Waals surface area contributed by atoms with Crippen LogP contribution in [0, 0.1) is 11.3 Å². The van der Waals surface area contributed by atoms with Gasteiger partial charge in [0.2, 0.25) is 0 Å². The highest BCUT2D eigenvalue weighted by atomic mass is 16.5. The van der Waals surface area contributed by atoms with Crippen molar-refractivity contribution in [1.82, 2.24) is 4.90 Å². The highest BCUT2D eigenvalue weighted by Crippen LogP contribution is 2.12. The third-order valence-corrected chi connectivity index (χ3v) is 1.85. The number of ether oxygens (including phenoxy) is 1. The van der Waals surface area contributed by atoms with Gasteiger partial charge in [0.05, 0.1) is 5.57 Å². The molecule has 0 saturated carbocycles. The Morgan fingerprint density at radius 3 is 2.50 bits per heavy atom. The van der Waals surface area contributed by atoms with Crippen LogP contribution in [0.4, 0.5) is 4.79 Å². The van der Waals surface area contributed by atoms with Crippen LogP contribution in [0.15, 0.2) is 36.6 Å². The Labute approximate surface area is 94.4 Å². The lowest BCUT2D eigenvalue weighted by Gasteiger charge is -2.07. The van der Waals surface area contributed by atoms with Crippen LogP contribution >= 0.6 is 0 Å². The summed E-state index contributed by atoms with van der Waals surface area (Å²) in [5.74, 6) is 0. The summed E-state index contributed by atoms with van der Waals surface area (Å²) in [6, 6.07) is 11.0. The predicted molar refractivity (Wildman–Crippen MR) is 60.2 cm³/mol. The first-order valence-electron chi connectivity index (χ1n) is 4.68. The van der Waals surface area contributed by atoms with Crippen LogP contribution < -0.4 is 0 Å². The zero-order valence-corrected chi connectivity index (χ0v) is 9.18. The van der Waals surface area contributed by atoms with Gasteiger partial charge in [0.1, 0.15) is 12.3 Å². The van der Waals surface area contributed by atoms with Crippen LogP contribution in [0.1, 0.15) is 5.56 Å². The lowest BCUT2D eigenvalue weighted by Crippen LogP contribution is -2.20. The van der Waals surface area contributed by atoms with Crippen LogP contribution in [0.3, 0.4) is 0 Å². The number of hydrogen-bond acceptors (Lipinski definition) is 3. The molecule has 4 heteroatoms. The fourth-order valence-electron chi connectivity index (χ4n) is 0.991. The fourth-order valence-corrected chi connectivity index (χ4v) is 0.991. The smallest absolute Gasteiger partial charge is 0.414 e. The molecule has 0 aliphatic heterocycles. The molecule has 4 nitrogen and oxygen atoms in total. The topological polar surface area (TPSA) is 53.3 Å². The van der Waals surface area contributed by atoms with E-state index >= 15 is 0 Å². The highest BCUT2D eigenvalue weighted by molar-refractivity contribution is 5.77. The lowest BCUT2D eigenvalue weighted by atomic mass is 10.1. The van der Waals surface area contributed by atoms with Gasteiger partial charge in [-0.15, -0.1) is 0 Å². The molecule has 0 heterocycles. The minimum atomic E-state index is -0.510. The van der Waals surface area contributed by atoms with E-state index in [1.54, 1.807) is 26.2 Å². The Morgan fingerprint density at radius 2 is 2.00 bits per heavy atom. The number of carbonyl (C=O) groups is 1. The molecule has 0 aliphatic carbocycles. The fraction of sp³-hybridized carbons (Fsp3) is 0.167. The molecule has 1 rings (SSSR count). The second-order valence-electron chi connectivity index (χ2n) is 3.29. The monoisotopic (exact) mass is 216 g/mol. The number of hydrogen-bond donors (Lipinski definition) is 0. The van der Waals surface area contributed by atoms with E-state index in [9.17, 15) is 4.79 Å². The Hall–Kier alpha value is -2.28. The number of allylic oxidation sites excluding steroid dienone is 1. The van der Waals surface area contributed by atoms with Crippen molar-refractivity contribution in [3.05, 3.63) is 42.2 Å². The summed E-state index contributed by atoms with van der Waals surface area (Å²) >= 11 is 0. The van der Waals surface area contributed by atoms with Gasteiger partial charge in [0, 0.05) is 14.1 Å². The zero-order chi connectivity index (χ0) is 12.0. The van der Waals surface area contributed by atoms with Crippen LogP contribution in [0.2, 0.25) is 0 Å².